The van der Waals surface area contributed by atoms with Gasteiger partial charge in [0.2, 0.25) is 0 Å². The lowest BCUT2D eigenvalue weighted by molar-refractivity contribution is -0.137. The zero-order valence-electron chi connectivity index (χ0n) is 14.4. The lowest BCUT2D eigenvalue weighted by atomic mass is 9.98. The van der Waals surface area contributed by atoms with Gasteiger partial charge < -0.3 is 4.90 Å². The fraction of sp³-hybridized carbons (Fsp3) is 0.316. The van der Waals surface area contributed by atoms with Crippen molar-refractivity contribution in [3.8, 4) is 0 Å². The first-order chi connectivity index (χ1) is 11.7. The topological polar surface area (TPSA) is 15.6 Å². The molecule has 2 rings (SSSR count). The van der Waals surface area contributed by atoms with E-state index in [0.717, 1.165) is 41.1 Å². The number of nitrogens with zero attached hydrogens (tertiary/aromatic N) is 2. The molecule has 0 unspecified atom stereocenters. The van der Waals surface area contributed by atoms with Crippen molar-refractivity contribution in [1.82, 2.24) is 4.90 Å². The molecule has 2 nitrogen and oxygen atoms in total. The van der Waals surface area contributed by atoms with Crippen molar-refractivity contribution in [3.63, 3.8) is 0 Å². The number of hydrogen-bond donors (Lipinski definition) is 0. The lowest BCUT2D eigenvalue weighted by Crippen LogP contribution is -2.14. The van der Waals surface area contributed by atoms with Crippen LogP contribution in [0.5, 0.6) is 0 Å². The Hall–Kier alpha value is -2.01. The van der Waals surface area contributed by atoms with Crippen LogP contribution in [-0.4, -0.2) is 24.8 Å². The molecule has 25 heavy (non-hydrogen) atoms. The molecule has 0 heterocycles. The van der Waals surface area contributed by atoms with Gasteiger partial charge in [0.25, 0.3) is 0 Å². The van der Waals surface area contributed by atoms with Gasteiger partial charge in [-0.1, -0.05) is 23.7 Å². The summed E-state index contributed by atoms with van der Waals surface area (Å²) in [6, 6.07) is 8.81. The van der Waals surface area contributed by atoms with Crippen LogP contribution in [-0.2, 0) is 12.6 Å². The first-order valence-electron chi connectivity index (χ1n) is 7.90. The molecule has 0 amide bonds. The quantitative estimate of drug-likeness (QED) is 0.476. The summed E-state index contributed by atoms with van der Waals surface area (Å²) in [6.07, 6.45) is -2.09. The second kappa shape index (κ2) is 7.91. The third kappa shape index (κ3) is 5.23. The first kappa shape index (κ1) is 19.3. The SMILES string of the molecule is CCN(C)C=Nc1cc(Cl)cc(Cc2ccc(C(F)(F)F)cc2)c1C. The van der Waals surface area contributed by atoms with Crippen LogP contribution in [0.2, 0.25) is 5.02 Å². The van der Waals surface area contributed by atoms with Gasteiger partial charge in [-0.15, -0.1) is 0 Å². The van der Waals surface area contributed by atoms with Gasteiger partial charge in [-0.2, -0.15) is 13.2 Å². The summed E-state index contributed by atoms with van der Waals surface area (Å²) in [7, 11) is 1.92. The minimum atomic E-state index is -4.32. The molecule has 0 saturated carbocycles. The summed E-state index contributed by atoms with van der Waals surface area (Å²) in [5.74, 6) is 0. The molecule has 0 radical (unpaired) electrons. The van der Waals surface area contributed by atoms with Gasteiger partial charge >= 0.3 is 6.18 Å². The van der Waals surface area contributed by atoms with Crippen molar-refractivity contribution in [2.24, 2.45) is 4.99 Å². The van der Waals surface area contributed by atoms with Crippen LogP contribution in [0.25, 0.3) is 0 Å². The maximum Gasteiger partial charge on any atom is 0.416 e. The highest BCUT2D eigenvalue weighted by Crippen LogP contribution is 2.31. The van der Waals surface area contributed by atoms with E-state index in [1.165, 1.54) is 12.1 Å². The number of rotatable bonds is 5. The Labute approximate surface area is 150 Å². The van der Waals surface area contributed by atoms with E-state index in [1.54, 1.807) is 12.4 Å². The molecule has 0 bridgehead atoms. The third-order valence-electron chi connectivity index (χ3n) is 4.02. The largest absolute Gasteiger partial charge is 0.416 e. The summed E-state index contributed by atoms with van der Waals surface area (Å²) in [5, 5.41) is 0.554. The standard InChI is InChI=1S/C19H20ClF3N2/c1-4-25(3)12-24-18-11-17(20)10-15(13(18)2)9-14-5-7-16(8-6-14)19(21,22)23/h5-8,10-12H,4,9H2,1-3H3. The first-order valence-corrected chi connectivity index (χ1v) is 8.28. The highest BCUT2D eigenvalue weighted by molar-refractivity contribution is 6.31. The van der Waals surface area contributed by atoms with E-state index in [9.17, 15) is 13.2 Å². The van der Waals surface area contributed by atoms with E-state index in [4.69, 9.17) is 11.6 Å². The van der Waals surface area contributed by atoms with E-state index in [0.29, 0.717) is 11.4 Å². The minimum absolute atomic E-state index is 0.497. The van der Waals surface area contributed by atoms with Crippen LogP contribution < -0.4 is 0 Å². The minimum Gasteiger partial charge on any atom is -0.366 e. The number of aliphatic imine (C=N–C) groups is 1. The van der Waals surface area contributed by atoms with Gasteiger partial charge in [-0.25, -0.2) is 4.99 Å². The third-order valence-corrected chi connectivity index (χ3v) is 4.24. The molecule has 0 aliphatic carbocycles. The second-order valence-electron chi connectivity index (χ2n) is 5.90. The average Bonchev–Trinajstić information content (AvgIpc) is 2.55. The predicted molar refractivity (Wildman–Crippen MR) is 96.9 cm³/mol. The number of alkyl halides is 3. The Morgan fingerprint density at radius 2 is 1.80 bits per heavy atom. The predicted octanol–water partition coefficient (Wildman–Crippen LogP) is 5.87. The summed E-state index contributed by atoms with van der Waals surface area (Å²) in [5.41, 5.74) is 2.81. The van der Waals surface area contributed by atoms with Crippen LogP contribution in [0.15, 0.2) is 41.4 Å². The summed E-state index contributed by atoms with van der Waals surface area (Å²) in [6.45, 7) is 4.79. The highest BCUT2D eigenvalue weighted by Gasteiger charge is 2.29. The molecule has 0 atom stereocenters. The maximum atomic E-state index is 12.7. The van der Waals surface area contributed by atoms with E-state index in [-0.39, 0.29) is 0 Å². The van der Waals surface area contributed by atoms with Crippen molar-refractivity contribution in [1.29, 1.82) is 0 Å². The van der Waals surface area contributed by atoms with Crippen LogP contribution in [0, 0.1) is 6.92 Å². The maximum absolute atomic E-state index is 12.7. The smallest absolute Gasteiger partial charge is 0.366 e. The molecule has 134 valence electrons. The zero-order chi connectivity index (χ0) is 18.6. The van der Waals surface area contributed by atoms with Gasteiger partial charge in [-0.05, 0) is 61.2 Å². The van der Waals surface area contributed by atoms with Gasteiger partial charge in [0, 0.05) is 18.6 Å². The molecule has 2 aromatic rings. The van der Waals surface area contributed by atoms with Crippen molar-refractivity contribution >= 4 is 23.6 Å². The molecule has 0 aliphatic rings. The van der Waals surface area contributed by atoms with Crippen LogP contribution in [0.4, 0.5) is 18.9 Å². The van der Waals surface area contributed by atoms with E-state index in [1.807, 2.05) is 31.9 Å². The lowest BCUT2D eigenvalue weighted by Gasteiger charge is -2.13. The molecule has 0 aromatic heterocycles. The van der Waals surface area contributed by atoms with Gasteiger partial charge in [0.1, 0.15) is 0 Å². The molecular weight excluding hydrogens is 349 g/mol. The number of benzene rings is 2. The van der Waals surface area contributed by atoms with Crippen molar-refractivity contribution in [3.05, 3.63) is 63.7 Å². The normalized spacial score (nSPS) is 12.0. The molecule has 0 saturated heterocycles. The van der Waals surface area contributed by atoms with E-state index < -0.39 is 11.7 Å². The molecule has 2 aromatic carbocycles. The molecular formula is C19H20ClF3N2. The Balaban J connectivity index is 2.27. The highest BCUT2D eigenvalue weighted by atomic mass is 35.5. The van der Waals surface area contributed by atoms with Crippen molar-refractivity contribution in [2.45, 2.75) is 26.4 Å². The second-order valence-corrected chi connectivity index (χ2v) is 6.33. The van der Waals surface area contributed by atoms with Gasteiger partial charge in [0.05, 0.1) is 17.6 Å². The molecule has 0 N–H and O–H groups in total. The van der Waals surface area contributed by atoms with E-state index in [2.05, 4.69) is 4.99 Å². The van der Waals surface area contributed by atoms with Crippen molar-refractivity contribution in [2.75, 3.05) is 13.6 Å². The molecule has 0 fully saturated rings. The van der Waals surface area contributed by atoms with Crippen LogP contribution in [0.3, 0.4) is 0 Å². The Bertz CT molecular complexity index is 752. The molecule has 6 heteroatoms. The van der Waals surface area contributed by atoms with Crippen LogP contribution in [0.1, 0.15) is 29.2 Å². The monoisotopic (exact) mass is 368 g/mol. The molecule has 0 spiro atoms. The number of halogens is 4. The van der Waals surface area contributed by atoms with Gasteiger partial charge in [0.15, 0.2) is 0 Å². The molecule has 0 aliphatic heterocycles. The summed E-state index contributed by atoms with van der Waals surface area (Å²) >= 11 is 6.19. The van der Waals surface area contributed by atoms with E-state index >= 15 is 0 Å². The zero-order valence-corrected chi connectivity index (χ0v) is 15.1. The van der Waals surface area contributed by atoms with Gasteiger partial charge in [-0.3, -0.25) is 0 Å². The fourth-order valence-corrected chi connectivity index (χ4v) is 2.55. The summed E-state index contributed by atoms with van der Waals surface area (Å²) in [4.78, 5) is 6.39. The number of hydrogen-bond acceptors (Lipinski definition) is 1. The average molecular weight is 369 g/mol. The van der Waals surface area contributed by atoms with Crippen molar-refractivity contribution < 1.29 is 13.2 Å². The summed E-state index contributed by atoms with van der Waals surface area (Å²) < 4.78 is 38.0. The fourth-order valence-electron chi connectivity index (χ4n) is 2.31. The Morgan fingerprint density at radius 1 is 1.16 bits per heavy atom. The Kier molecular flexibility index (Phi) is 6.11. The van der Waals surface area contributed by atoms with Crippen LogP contribution >= 0.6 is 11.6 Å². The Morgan fingerprint density at radius 3 is 2.36 bits per heavy atom.